The van der Waals surface area contributed by atoms with E-state index in [2.05, 4.69) is 41.5 Å². The fourth-order valence-electron chi connectivity index (χ4n) is 9.90. The van der Waals surface area contributed by atoms with Crippen molar-refractivity contribution in [1.29, 1.82) is 0 Å². The van der Waals surface area contributed by atoms with E-state index in [1.807, 2.05) is 0 Å². The predicted molar refractivity (Wildman–Crippen MR) is 128 cm³/mol. The van der Waals surface area contributed by atoms with Crippen LogP contribution in [0.25, 0.3) is 0 Å². The lowest BCUT2D eigenvalue weighted by Crippen LogP contribution is -2.54. The summed E-state index contributed by atoms with van der Waals surface area (Å²) >= 11 is 0. The van der Waals surface area contributed by atoms with Crippen LogP contribution in [0.2, 0.25) is 0 Å². The van der Waals surface area contributed by atoms with Crippen molar-refractivity contribution in [2.24, 2.45) is 58.2 Å². The SMILES string of the molecule is CC[C@H](CC[C@@H](C)[C@H]1CC[C@H]2[C@@H]3CCC4C[C@H](O)CC[C@]4(C)[C@H]3CC[C@]12C)C(C)C. The molecule has 0 aromatic carbocycles. The second-order valence-corrected chi connectivity index (χ2v) is 13.3. The van der Waals surface area contributed by atoms with Crippen LogP contribution in [0.4, 0.5) is 0 Å². The van der Waals surface area contributed by atoms with E-state index in [1.165, 1.54) is 64.2 Å². The van der Waals surface area contributed by atoms with Crippen molar-refractivity contribution in [3.05, 3.63) is 0 Å². The lowest BCUT2D eigenvalue weighted by Gasteiger charge is -2.61. The molecule has 0 heterocycles. The molecule has 10 atom stereocenters. The third kappa shape index (κ3) is 3.82. The molecule has 0 amide bonds. The first-order chi connectivity index (χ1) is 14.2. The van der Waals surface area contributed by atoms with Crippen molar-refractivity contribution in [1.82, 2.24) is 0 Å². The van der Waals surface area contributed by atoms with Crippen LogP contribution < -0.4 is 0 Å². The normalized spacial score (nSPS) is 48.0. The number of aliphatic hydroxyl groups excluding tert-OH is 1. The van der Waals surface area contributed by atoms with E-state index in [0.717, 1.165) is 60.2 Å². The summed E-state index contributed by atoms with van der Waals surface area (Å²) < 4.78 is 0. The van der Waals surface area contributed by atoms with Gasteiger partial charge in [-0.1, -0.05) is 54.4 Å². The Morgan fingerprint density at radius 3 is 2.23 bits per heavy atom. The molecule has 174 valence electrons. The van der Waals surface area contributed by atoms with Gasteiger partial charge in [0.05, 0.1) is 6.10 Å². The van der Waals surface area contributed by atoms with Crippen molar-refractivity contribution in [3.8, 4) is 0 Å². The molecule has 4 saturated carbocycles. The van der Waals surface area contributed by atoms with Crippen molar-refractivity contribution in [2.75, 3.05) is 0 Å². The number of hydrogen-bond acceptors (Lipinski definition) is 1. The molecule has 0 spiro atoms. The molecule has 4 aliphatic carbocycles. The van der Waals surface area contributed by atoms with E-state index < -0.39 is 0 Å². The molecule has 1 nitrogen and oxygen atoms in total. The maximum absolute atomic E-state index is 10.3. The number of hydrogen-bond donors (Lipinski definition) is 1. The average molecular weight is 417 g/mol. The van der Waals surface area contributed by atoms with Crippen LogP contribution in [0, 0.1) is 58.2 Å². The molecule has 1 N–H and O–H groups in total. The van der Waals surface area contributed by atoms with Gasteiger partial charge in [-0.15, -0.1) is 0 Å². The molecular formula is C29H52O. The Hall–Kier alpha value is -0.0400. The lowest BCUT2D eigenvalue weighted by atomic mass is 9.44. The number of rotatable bonds is 6. The Balaban J connectivity index is 1.45. The first kappa shape index (κ1) is 23.1. The van der Waals surface area contributed by atoms with Gasteiger partial charge in [-0.05, 0) is 122 Å². The first-order valence-electron chi connectivity index (χ1n) is 13.9. The monoisotopic (exact) mass is 416 g/mol. The van der Waals surface area contributed by atoms with Gasteiger partial charge in [0, 0.05) is 0 Å². The molecule has 0 aromatic rings. The Morgan fingerprint density at radius 2 is 1.53 bits per heavy atom. The van der Waals surface area contributed by atoms with E-state index in [-0.39, 0.29) is 6.10 Å². The second kappa shape index (κ2) is 8.72. The van der Waals surface area contributed by atoms with Gasteiger partial charge in [-0.3, -0.25) is 0 Å². The summed E-state index contributed by atoms with van der Waals surface area (Å²) in [6, 6.07) is 0. The number of aliphatic hydroxyl groups is 1. The predicted octanol–water partition coefficient (Wildman–Crippen LogP) is 8.10. The van der Waals surface area contributed by atoms with E-state index in [9.17, 15) is 5.11 Å². The van der Waals surface area contributed by atoms with E-state index in [0.29, 0.717) is 10.8 Å². The minimum Gasteiger partial charge on any atom is -0.393 e. The molecule has 4 aliphatic rings. The lowest BCUT2D eigenvalue weighted by molar-refractivity contribution is -0.129. The molecule has 0 saturated heterocycles. The zero-order chi connectivity index (χ0) is 21.7. The van der Waals surface area contributed by atoms with Gasteiger partial charge in [0.15, 0.2) is 0 Å². The highest BCUT2D eigenvalue weighted by molar-refractivity contribution is 5.09. The van der Waals surface area contributed by atoms with Gasteiger partial charge in [0.2, 0.25) is 0 Å². The van der Waals surface area contributed by atoms with Crippen LogP contribution >= 0.6 is 0 Å². The highest BCUT2D eigenvalue weighted by Gasteiger charge is 2.60. The summed E-state index contributed by atoms with van der Waals surface area (Å²) in [7, 11) is 0. The van der Waals surface area contributed by atoms with E-state index in [4.69, 9.17) is 0 Å². The summed E-state index contributed by atoms with van der Waals surface area (Å²) in [5.74, 6) is 7.34. The van der Waals surface area contributed by atoms with Gasteiger partial charge >= 0.3 is 0 Å². The molecule has 0 aromatic heterocycles. The fraction of sp³-hybridized carbons (Fsp3) is 1.00. The van der Waals surface area contributed by atoms with E-state index >= 15 is 0 Å². The first-order valence-corrected chi connectivity index (χ1v) is 13.9. The van der Waals surface area contributed by atoms with Gasteiger partial charge in [-0.25, -0.2) is 0 Å². The second-order valence-electron chi connectivity index (χ2n) is 13.3. The molecule has 4 rings (SSSR count). The molecular weight excluding hydrogens is 364 g/mol. The smallest absolute Gasteiger partial charge is 0.0543 e. The van der Waals surface area contributed by atoms with Gasteiger partial charge in [0.1, 0.15) is 0 Å². The van der Waals surface area contributed by atoms with Crippen molar-refractivity contribution in [3.63, 3.8) is 0 Å². The Bertz CT molecular complexity index is 583. The molecule has 1 unspecified atom stereocenters. The maximum Gasteiger partial charge on any atom is 0.0543 e. The van der Waals surface area contributed by atoms with Gasteiger partial charge < -0.3 is 5.11 Å². The molecule has 0 aliphatic heterocycles. The molecule has 0 bridgehead atoms. The quantitative estimate of drug-likeness (QED) is 0.463. The summed E-state index contributed by atoms with van der Waals surface area (Å²) in [4.78, 5) is 0. The molecule has 30 heavy (non-hydrogen) atoms. The van der Waals surface area contributed by atoms with Crippen LogP contribution in [-0.2, 0) is 0 Å². The van der Waals surface area contributed by atoms with Gasteiger partial charge in [-0.2, -0.15) is 0 Å². The van der Waals surface area contributed by atoms with Crippen LogP contribution in [0.3, 0.4) is 0 Å². The van der Waals surface area contributed by atoms with Gasteiger partial charge in [0.25, 0.3) is 0 Å². The average Bonchev–Trinajstić information content (AvgIpc) is 3.06. The van der Waals surface area contributed by atoms with Crippen molar-refractivity contribution < 1.29 is 5.11 Å². The van der Waals surface area contributed by atoms with Crippen LogP contribution in [0.1, 0.15) is 119 Å². The molecule has 4 fully saturated rings. The summed E-state index contributed by atoms with van der Waals surface area (Å²) in [6.45, 7) is 15.2. The van der Waals surface area contributed by atoms with E-state index in [1.54, 1.807) is 0 Å². The largest absolute Gasteiger partial charge is 0.393 e. The van der Waals surface area contributed by atoms with Crippen LogP contribution in [0.5, 0.6) is 0 Å². The zero-order valence-corrected chi connectivity index (χ0v) is 21.1. The van der Waals surface area contributed by atoms with Crippen molar-refractivity contribution in [2.45, 2.75) is 125 Å². The minimum atomic E-state index is -0.0111. The summed E-state index contributed by atoms with van der Waals surface area (Å²) in [5.41, 5.74) is 1.14. The summed E-state index contributed by atoms with van der Waals surface area (Å²) in [6.07, 6.45) is 16.5. The van der Waals surface area contributed by atoms with Crippen LogP contribution in [-0.4, -0.2) is 11.2 Å². The third-order valence-electron chi connectivity index (χ3n) is 11.9. The Morgan fingerprint density at radius 1 is 0.833 bits per heavy atom. The highest BCUT2D eigenvalue weighted by atomic mass is 16.3. The number of fused-ring (bicyclic) bond motifs is 5. The maximum atomic E-state index is 10.3. The topological polar surface area (TPSA) is 20.2 Å². The Kier molecular flexibility index (Phi) is 6.72. The standard InChI is InChI=1S/C29H52O/c1-7-21(19(2)3)9-8-20(4)25-12-13-26-24-11-10-22-18-23(30)14-16-28(22,5)27(24)15-17-29(25,26)6/h19-27,30H,7-18H2,1-6H3/t20-,21-,22?,23-,24+,25-,26+,27+,28+,29-/m1/s1. The zero-order valence-electron chi connectivity index (χ0n) is 21.1. The minimum absolute atomic E-state index is 0.0111. The summed E-state index contributed by atoms with van der Waals surface area (Å²) in [5, 5.41) is 10.3. The fourth-order valence-corrected chi connectivity index (χ4v) is 9.90. The molecule has 0 radical (unpaired) electrons. The Labute approximate surface area is 188 Å². The third-order valence-corrected chi connectivity index (χ3v) is 11.9. The van der Waals surface area contributed by atoms with Crippen LogP contribution in [0.15, 0.2) is 0 Å². The molecule has 1 heteroatoms. The van der Waals surface area contributed by atoms with Crippen molar-refractivity contribution >= 4 is 0 Å². The highest BCUT2D eigenvalue weighted by Crippen LogP contribution is 2.68.